The van der Waals surface area contributed by atoms with Crippen molar-refractivity contribution in [2.75, 3.05) is 26.2 Å². The van der Waals surface area contributed by atoms with Crippen LogP contribution in [0.15, 0.2) is 0 Å². The summed E-state index contributed by atoms with van der Waals surface area (Å²) in [4.78, 5) is 4.79. The molecule has 1 fully saturated rings. The summed E-state index contributed by atoms with van der Waals surface area (Å²) in [6.45, 7) is 13.1. The zero-order valence-electron chi connectivity index (χ0n) is 11.3. The first-order valence-electron chi connectivity index (χ1n) is 6.26. The van der Waals surface area contributed by atoms with Crippen LogP contribution in [0.4, 0.5) is 0 Å². The van der Waals surface area contributed by atoms with Crippen LogP contribution in [0.2, 0.25) is 0 Å². The Kier molecular flexibility index (Phi) is 8.39. The van der Waals surface area contributed by atoms with E-state index in [4.69, 9.17) is 12.2 Å². The normalized spacial score (nSPS) is 23.6. The van der Waals surface area contributed by atoms with Gasteiger partial charge in [-0.1, -0.05) is 0 Å². The van der Waals surface area contributed by atoms with E-state index in [2.05, 4.69) is 71.5 Å². The SMILES string of the molecule is CCN(CC)C(=S)S[AsH]1(Br)SC(N(CC)CC)S1. The van der Waals surface area contributed by atoms with Crippen LogP contribution in [0.3, 0.4) is 0 Å². The molecule has 0 N–H and O–H groups in total. The quantitative estimate of drug-likeness (QED) is 0.440. The monoisotopic (exact) mass is 452 g/mol. The van der Waals surface area contributed by atoms with Crippen molar-refractivity contribution < 1.29 is 0 Å². The zero-order chi connectivity index (χ0) is 13.8. The molecule has 8 heteroatoms. The molecule has 0 saturated carbocycles. The molecule has 0 bridgehead atoms. The molecule has 2 nitrogen and oxygen atoms in total. The van der Waals surface area contributed by atoms with E-state index >= 15 is 0 Å². The van der Waals surface area contributed by atoms with Crippen LogP contribution < -0.4 is 0 Å². The van der Waals surface area contributed by atoms with Crippen LogP contribution in [0.1, 0.15) is 27.7 Å². The van der Waals surface area contributed by atoms with E-state index in [1.54, 1.807) is 0 Å². The topological polar surface area (TPSA) is 6.48 Å². The van der Waals surface area contributed by atoms with Crippen LogP contribution >= 0.6 is 56.2 Å². The number of rotatable bonds is 6. The van der Waals surface area contributed by atoms with Gasteiger partial charge in [0.05, 0.1) is 0 Å². The predicted octanol–water partition coefficient (Wildman–Crippen LogP) is 4.01. The molecule has 0 aromatic heterocycles. The molecule has 18 heavy (non-hydrogen) atoms. The van der Waals surface area contributed by atoms with Gasteiger partial charge < -0.3 is 0 Å². The second kappa shape index (κ2) is 8.40. The first-order chi connectivity index (χ1) is 8.49. The third-order valence-corrected chi connectivity index (χ3v) is 35.3. The van der Waals surface area contributed by atoms with E-state index in [0.717, 1.165) is 30.5 Å². The molecular formula is C10H22AsBrN2S4. The van der Waals surface area contributed by atoms with Gasteiger partial charge in [0, 0.05) is 0 Å². The minimum atomic E-state index is -2.00. The fourth-order valence-electron chi connectivity index (χ4n) is 1.62. The summed E-state index contributed by atoms with van der Waals surface area (Å²) in [5.74, 6) is 0. The Hall–Kier alpha value is 1.94. The van der Waals surface area contributed by atoms with Crippen molar-refractivity contribution in [3.8, 4) is 0 Å². The summed E-state index contributed by atoms with van der Waals surface area (Å²) < 4.78 is 1.72. The Labute approximate surface area is 136 Å². The van der Waals surface area contributed by atoms with E-state index in [1.807, 2.05) is 10.0 Å². The summed E-state index contributed by atoms with van der Waals surface area (Å²) in [5, 5.41) is 0. The Morgan fingerprint density at radius 2 is 1.67 bits per heavy atom. The maximum atomic E-state index is 5.55. The molecule has 0 unspecified atom stereocenters. The van der Waals surface area contributed by atoms with E-state index < -0.39 is 8.22 Å². The van der Waals surface area contributed by atoms with E-state index in [0.29, 0.717) is 4.71 Å². The van der Waals surface area contributed by atoms with Crippen molar-refractivity contribution in [2.24, 2.45) is 0 Å². The van der Waals surface area contributed by atoms with Crippen molar-refractivity contribution in [1.82, 2.24) is 9.80 Å². The van der Waals surface area contributed by atoms with Crippen LogP contribution in [-0.2, 0) is 0 Å². The molecule has 0 amide bonds. The number of nitrogens with zero attached hydrogens (tertiary/aromatic N) is 2. The minimum absolute atomic E-state index is 0.645. The molecule has 1 rings (SSSR count). The number of halogens is 1. The molecule has 0 aromatic rings. The van der Waals surface area contributed by atoms with Crippen molar-refractivity contribution in [3.05, 3.63) is 0 Å². The second-order valence-electron chi connectivity index (χ2n) is 3.79. The molecule has 0 aliphatic carbocycles. The average molecular weight is 453 g/mol. The molecule has 0 spiro atoms. The summed E-state index contributed by atoms with van der Waals surface area (Å²) in [5.41, 5.74) is 0. The van der Waals surface area contributed by atoms with Crippen LogP contribution in [0.5, 0.6) is 0 Å². The summed E-state index contributed by atoms with van der Waals surface area (Å²) in [6, 6.07) is 0. The van der Waals surface area contributed by atoms with Gasteiger partial charge in [0.25, 0.3) is 0 Å². The van der Waals surface area contributed by atoms with Gasteiger partial charge in [-0.25, -0.2) is 0 Å². The molecule has 1 aliphatic rings. The molecule has 108 valence electrons. The van der Waals surface area contributed by atoms with E-state index in [9.17, 15) is 0 Å². The molecule has 0 aromatic carbocycles. The van der Waals surface area contributed by atoms with Gasteiger partial charge >= 0.3 is 137 Å². The molecular weight excluding hydrogens is 431 g/mol. The van der Waals surface area contributed by atoms with Crippen molar-refractivity contribution in [3.63, 3.8) is 0 Å². The number of hydrogen-bond donors (Lipinski definition) is 0. The Morgan fingerprint density at radius 1 is 1.17 bits per heavy atom. The van der Waals surface area contributed by atoms with Gasteiger partial charge in [0.1, 0.15) is 0 Å². The van der Waals surface area contributed by atoms with Gasteiger partial charge in [0.15, 0.2) is 0 Å². The first-order valence-corrected chi connectivity index (χ1v) is 21.9. The summed E-state index contributed by atoms with van der Waals surface area (Å²) in [7, 11) is 4.24. The van der Waals surface area contributed by atoms with E-state index in [-0.39, 0.29) is 0 Å². The maximum absolute atomic E-state index is 5.55. The molecule has 1 saturated heterocycles. The van der Waals surface area contributed by atoms with Gasteiger partial charge in [0.2, 0.25) is 0 Å². The predicted molar refractivity (Wildman–Crippen MR) is 101 cm³/mol. The van der Waals surface area contributed by atoms with Crippen molar-refractivity contribution in [1.29, 1.82) is 0 Å². The van der Waals surface area contributed by atoms with Gasteiger partial charge in [-0.3, -0.25) is 0 Å². The van der Waals surface area contributed by atoms with E-state index in [1.165, 1.54) is 0 Å². The van der Waals surface area contributed by atoms with Crippen molar-refractivity contribution >= 4 is 68.8 Å². The standard InChI is InChI=1S/C10H22AsBrN2S4/c1-5-13(6-2)9(15)16-11(12)17-10(18-11)14(7-3)8-4/h10-11H,5-8H2,1-4H3. The zero-order valence-corrected chi connectivity index (χ0v) is 18.3. The Morgan fingerprint density at radius 3 is 2.06 bits per heavy atom. The van der Waals surface area contributed by atoms with Gasteiger partial charge in [-0.05, 0) is 0 Å². The molecule has 1 heterocycles. The third-order valence-electron chi connectivity index (χ3n) is 2.82. The molecule has 0 atom stereocenters. The fourth-order valence-corrected chi connectivity index (χ4v) is 43.3. The average Bonchev–Trinajstić information content (AvgIpc) is 2.30. The van der Waals surface area contributed by atoms with Crippen LogP contribution in [-0.4, -0.2) is 53.2 Å². The van der Waals surface area contributed by atoms with Crippen LogP contribution in [0, 0.1) is 0 Å². The third kappa shape index (κ3) is 4.74. The van der Waals surface area contributed by atoms with Gasteiger partial charge in [-0.15, -0.1) is 0 Å². The Balaban J connectivity index is 2.43. The second-order valence-corrected chi connectivity index (χ2v) is 40.9. The van der Waals surface area contributed by atoms with Crippen LogP contribution in [0.25, 0.3) is 0 Å². The van der Waals surface area contributed by atoms with Gasteiger partial charge in [-0.2, -0.15) is 0 Å². The Bertz CT molecular complexity index is 281. The molecule has 1 aliphatic heterocycles. The first kappa shape index (κ1) is 18.0. The number of hydrogen-bond acceptors (Lipinski definition) is 5. The summed E-state index contributed by atoms with van der Waals surface area (Å²) >= 11 is 9.55. The fraction of sp³-hybridized carbons (Fsp3) is 0.900. The number of thiocarbonyl (C=S) groups is 1. The summed E-state index contributed by atoms with van der Waals surface area (Å²) in [6.07, 6.45) is 0. The molecule has 0 radical (unpaired) electrons. The van der Waals surface area contributed by atoms with Crippen molar-refractivity contribution in [2.45, 2.75) is 32.4 Å².